The molecule has 0 radical (unpaired) electrons. The number of para-hydroxylation sites is 1. The van der Waals surface area contributed by atoms with E-state index in [-0.39, 0.29) is 30.4 Å². The minimum absolute atomic E-state index is 0.0270. The van der Waals surface area contributed by atoms with Crippen molar-refractivity contribution >= 4 is 23.5 Å². The molecular formula is C22H23N3O4. The number of anilines is 1. The van der Waals surface area contributed by atoms with E-state index in [1.807, 2.05) is 18.2 Å². The van der Waals surface area contributed by atoms with E-state index in [1.54, 1.807) is 53.3 Å². The van der Waals surface area contributed by atoms with Gasteiger partial charge >= 0.3 is 6.03 Å². The van der Waals surface area contributed by atoms with Crippen molar-refractivity contribution in [3.05, 3.63) is 60.2 Å². The lowest BCUT2D eigenvalue weighted by atomic mass is 10.0. The lowest BCUT2D eigenvalue weighted by Crippen LogP contribution is -2.48. The predicted octanol–water partition coefficient (Wildman–Crippen LogP) is 2.77. The zero-order chi connectivity index (χ0) is 20.4. The monoisotopic (exact) mass is 393 g/mol. The van der Waals surface area contributed by atoms with E-state index in [2.05, 4.69) is 0 Å². The van der Waals surface area contributed by atoms with Crippen molar-refractivity contribution in [2.45, 2.75) is 18.9 Å². The van der Waals surface area contributed by atoms with Crippen LogP contribution in [0.15, 0.2) is 54.6 Å². The van der Waals surface area contributed by atoms with Crippen molar-refractivity contribution < 1.29 is 19.1 Å². The average Bonchev–Trinajstić information content (AvgIpc) is 3.08. The average molecular weight is 393 g/mol. The van der Waals surface area contributed by atoms with Crippen molar-refractivity contribution in [3.8, 4) is 5.75 Å². The van der Waals surface area contributed by atoms with Gasteiger partial charge in [-0.3, -0.25) is 9.59 Å². The Morgan fingerprint density at radius 3 is 2.24 bits per heavy atom. The molecule has 29 heavy (non-hydrogen) atoms. The molecular weight excluding hydrogens is 370 g/mol. The maximum absolute atomic E-state index is 12.9. The van der Waals surface area contributed by atoms with Crippen LogP contribution < -0.4 is 9.64 Å². The molecule has 0 saturated carbocycles. The highest BCUT2D eigenvalue weighted by atomic mass is 16.5. The van der Waals surface area contributed by atoms with Crippen LogP contribution in [0.1, 0.15) is 23.2 Å². The van der Waals surface area contributed by atoms with Gasteiger partial charge in [-0.2, -0.15) is 0 Å². The van der Waals surface area contributed by atoms with Gasteiger partial charge < -0.3 is 14.5 Å². The summed E-state index contributed by atoms with van der Waals surface area (Å²) in [5.74, 6) is 0.472. The van der Waals surface area contributed by atoms with E-state index in [0.717, 1.165) is 0 Å². The molecule has 0 unspecified atom stereocenters. The summed E-state index contributed by atoms with van der Waals surface area (Å²) in [5.41, 5.74) is 1.21. The number of rotatable bonds is 4. The molecule has 7 nitrogen and oxygen atoms in total. The third-order valence-corrected chi connectivity index (χ3v) is 5.54. The van der Waals surface area contributed by atoms with Crippen molar-refractivity contribution in [2.24, 2.45) is 0 Å². The number of methoxy groups -OCH3 is 1. The Hall–Kier alpha value is -3.35. The van der Waals surface area contributed by atoms with Gasteiger partial charge in [0.15, 0.2) is 0 Å². The van der Waals surface area contributed by atoms with Crippen LogP contribution in [-0.4, -0.2) is 60.4 Å². The molecule has 7 heteroatoms. The fourth-order valence-corrected chi connectivity index (χ4v) is 3.93. The second-order valence-electron chi connectivity index (χ2n) is 7.23. The minimum Gasteiger partial charge on any atom is -0.497 e. The quantitative estimate of drug-likeness (QED) is 0.749. The van der Waals surface area contributed by atoms with Crippen LogP contribution in [0, 0.1) is 0 Å². The van der Waals surface area contributed by atoms with E-state index in [1.165, 1.54) is 4.90 Å². The molecule has 2 aliphatic rings. The van der Waals surface area contributed by atoms with Crippen LogP contribution in [-0.2, 0) is 4.79 Å². The fourth-order valence-electron chi connectivity index (χ4n) is 3.93. The van der Waals surface area contributed by atoms with Crippen LogP contribution in [0.2, 0.25) is 0 Å². The Balaban J connectivity index is 1.39. The van der Waals surface area contributed by atoms with E-state index in [4.69, 9.17) is 4.74 Å². The van der Waals surface area contributed by atoms with Gasteiger partial charge in [-0.05, 0) is 49.2 Å². The number of urea groups is 1. The van der Waals surface area contributed by atoms with Gasteiger partial charge in [-0.1, -0.05) is 18.2 Å². The van der Waals surface area contributed by atoms with Crippen molar-refractivity contribution in [3.63, 3.8) is 0 Å². The molecule has 150 valence electrons. The second-order valence-corrected chi connectivity index (χ2v) is 7.23. The van der Waals surface area contributed by atoms with Crippen LogP contribution in [0.3, 0.4) is 0 Å². The summed E-state index contributed by atoms with van der Waals surface area (Å²) in [6, 6.07) is 15.7. The Morgan fingerprint density at radius 2 is 1.62 bits per heavy atom. The number of piperidine rings is 1. The van der Waals surface area contributed by atoms with Crippen LogP contribution in [0.5, 0.6) is 5.75 Å². The number of hydrogen-bond donors (Lipinski definition) is 0. The van der Waals surface area contributed by atoms with Gasteiger partial charge in [-0.25, -0.2) is 9.69 Å². The predicted molar refractivity (Wildman–Crippen MR) is 108 cm³/mol. The molecule has 2 aromatic carbocycles. The number of imide groups is 1. The summed E-state index contributed by atoms with van der Waals surface area (Å²) in [4.78, 5) is 42.7. The van der Waals surface area contributed by atoms with Gasteiger partial charge in [0.25, 0.3) is 11.8 Å². The summed E-state index contributed by atoms with van der Waals surface area (Å²) in [6.45, 7) is 1.20. The van der Waals surface area contributed by atoms with Crippen LogP contribution >= 0.6 is 0 Å². The summed E-state index contributed by atoms with van der Waals surface area (Å²) in [7, 11) is 1.59. The van der Waals surface area contributed by atoms with Gasteiger partial charge in [0.1, 0.15) is 12.3 Å². The first-order chi connectivity index (χ1) is 14.1. The number of carbonyl (C=O) groups excluding carboxylic acids is 3. The van der Waals surface area contributed by atoms with Crippen LogP contribution in [0.4, 0.5) is 10.5 Å². The number of ether oxygens (including phenoxy) is 1. The third kappa shape index (κ3) is 3.68. The van der Waals surface area contributed by atoms with E-state index >= 15 is 0 Å². The highest BCUT2D eigenvalue weighted by Gasteiger charge is 2.41. The van der Waals surface area contributed by atoms with E-state index in [0.29, 0.717) is 42.9 Å². The lowest BCUT2D eigenvalue weighted by Gasteiger charge is -2.36. The number of likely N-dealkylation sites (tertiary alicyclic amines) is 1. The summed E-state index contributed by atoms with van der Waals surface area (Å²) >= 11 is 0. The number of nitrogens with zero attached hydrogens (tertiary/aromatic N) is 3. The molecule has 0 aliphatic carbocycles. The zero-order valence-corrected chi connectivity index (χ0v) is 16.3. The molecule has 0 bridgehead atoms. The zero-order valence-electron chi connectivity index (χ0n) is 16.3. The number of benzene rings is 2. The van der Waals surface area contributed by atoms with Crippen LogP contribution in [0.25, 0.3) is 0 Å². The first kappa shape index (κ1) is 19.0. The molecule has 0 spiro atoms. The number of hydrogen-bond acceptors (Lipinski definition) is 4. The maximum Gasteiger partial charge on any atom is 0.332 e. The Labute approximate surface area is 169 Å². The number of carbonyl (C=O) groups is 3. The largest absolute Gasteiger partial charge is 0.497 e. The topological polar surface area (TPSA) is 70.2 Å². The van der Waals surface area contributed by atoms with Gasteiger partial charge in [-0.15, -0.1) is 0 Å². The van der Waals surface area contributed by atoms with Gasteiger partial charge in [0, 0.05) is 24.7 Å². The van der Waals surface area contributed by atoms with E-state index in [9.17, 15) is 14.4 Å². The van der Waals surface area contributed by atoms with E-state index < -0.39 is 0 Å². The Morgan fingerprint density at radius 1 is 0.966 bits per heavy atom. The Kier molecular flexibility index (Phi) is 5.20. The van der Waals surface area contributed by atoms with Gasteiger partial charge in [0.05, 0.1) is 12.8 Å². The molecule has 2 aliphatic heterocycles. The first-order valence-electron chi connectivity index (χ1n) is 9.70. The SMILES string of the molecule is COc1ccc(C(=O)N2CCC(N3CC(=O)N(c4ccccc4)C3=O)CC2)cc1. The standard InChI is InChI=1S/C22H23N3O4/c1-29-19-9-7-16(8-10-19)21(27)23-13-11-17(12-14-23)24-15-20(26)25(22(24)28)18-5-3-2-4-6-18/h2-10,17H,11-15H2,1H3. The fraction of sp³-hybridized carbons (Fsp3) is 0.318. The summed E-state index contributed by atoms with van der Waals surface area (Å²) in [5, 5.41) is 0. The second kappa shape index (κ2) is 7.95. The molecule has 0 atom stereocenters. The maximum atomic E-state index is 12.9. The van der Waals surface area contributed by atoms with Crippen molar-refractivity contribution in [1.82, 2.24) is 9.80 Å². The molecule has 2 saturated heterocycles. The highest BCUT2D eigenvalue weighted by molar-refractivity contribution is 6.19. The minimum atomic E-state index is -0.277. The third-order valence-electron chi connectivity index (χ3n) is 5.54. The molecule has 4 rings (SSSR count). The summed E-state index contributed by atoms with van der Waals surface area (Å²) in [6.07, 6.45) is 1.31. The molecule has 0 aromatic heterocycles. The number of amides is 4. The van der Waals surface area contributed by atoms with Crippen molar-refractivity contribution in [2.75, 3.05) is 31.6 Å². The first-order valence-corrected chi connectivity index (χ1v) is 9.70. The highest BCUT2D eigenvalue weighted by Crippen LogP contribution is 2.27. The molecule has 2 heterocycles. The van der Waals surface area contributed by atoms with Crippen molar-refractivity contribution in [1.29, 1.82) is 0 Å². The normalized spacial score (nSPS) is 17.8. The lowest BCUT2D eigenvalue weighted by molar-refractivity contribution is -0.116. The summed E-state index contributed by atoms with van der Waals surface area (Å²) < 4.78 is 5.13. The molecule has 0 N–H and O–H groups in total. The molecule has 2 aromatic rings. The molecule has 4 amide bonds. The van der Waals surface area contributed by atoms with Gasteiger partial charge in [0.2, 0.25) is 0 Å². The molecule has 2 fully saturated rings. The Bertz CT molecular complexity index is 905. The smallest absolute Gasteiger partial charge is 0.332 e.